The van der Waals surface area contributed by atoms with Gasteiger partial charge in [-0.1, -0.05) is 5.21 Å². The van der Waals surface area contributed by atoms with Gasteiger partial charge in [0.2, 0.25) is 5.88 Å². The third-order valence-corrected chi connectivity index (χ3v) is 5.80. The fourth-order valence-corrected chi connectivity index (χ4v) is 3.87. The van der Waals surface area contributed by atoms with Crippen LogP contribution in [0.2, 0.25) is 0 Å². The van der Waals surface area contributed by atoms with Crippen LogP contribution in [0.3, 0.4) is 0 Å². The smallest absolute Gasteiger partial charge is 0.213 e. The van der Waals surface area contributed by atoms with E-state index in [1.807, 2.05) is 32.2 Å². The van der Waals surface area contributed by atoms with Crippen molar-refractivity contribution in [1.29, 1.82) is 0 Å². The molecule has 2 aliphatic rings. The minimum absolute atomic E-state index is 0.219. The van der Waals surface area contributed by atoms with E-state index < -0.39 is 0 Å². The fraction of sp³-hybridized carbons (Fsp3) is 0.409. The third-order valence-electron chi connectivity index (χ3n) is 5.80. The van der Waals surface area contributed by atoms with Crippen LogP contribution in [0.4, 0.5) is 0 Å². The van der Waals surface area contributed by atoms with Crippen LogP contribution in [0.25, 0.3) is 11.3 Å². The maximum atomic E-state index is 12.6. The number of carbonyl (C=O) groups is 1. The number of nitrogens with one attached hydrogen (secondary N) is 1. The molecule has 1 fully saturated rings. The fourth-order valence-electron chi connectivity index (χ4n) is 3.87. The summed E-state index contributed by atoms with van der Waals surface area (Å²) in [6, 6.07) is 5.66. The van der Waals surface area contributed by atoms with Gasteiger partial charge in [0, 0.05) is 49.2 Å². The van der Waals surface area contributed by atoms with Crippen molar-refractivity contribution >= 4 is 5.78 Å². The van der Waals surface area contributed by atoms with Gasteiger partial charge in [0.25, 0.3) is 0 Å². The summed E-state index contributed by atoms with van der Waals surface area (Å²) in [4.78, 5) is 21.4. The number of rotatable bonds is 6. The standard InChI is InChI=1S/C22H24N6O2/c1-13-3-4-16(10-24-13)20-18(28(2)27-26-20)12-30-19-9-15-7-8-23-21(17(15)11-25-19)22(29)14-5-6-14/h3-4,9-11,14,21,23H,5-8,12H2,1-2H3. The van der Waals surface area contributed by atoms with Gasteiger partial charge in [0.15, 0.2) is 5.78 Å². The van der Waals surface area contributed by atoms with E-state index in [1.165, 1.54) is 0 Å². The average Bonchev–Trinajstić information content (AvgIpc) is 3.55. The molecule has 1 N–H and O–H groups in total. The van der Waals surface area contributed by atoms with Gasteiger partial charge in [-0.3, -0.25) is 9.78 Å². The van der Waals surface area contributed by atoms with E-state index in [-0.39, 0.29) is 12.0 Å². The molecule has 154 valence electrons. The Morgan fingerprint density at radius 2 is 2.13 bits per heavy atom. The Hall–Kier alpha value is -3.13. The third kappa shape index (κ3) is 3.59. The molecule has 8 nitrogen and oxygen atoms in total. The summed E-state index contributed by atoms with van der Waals surface area (Å²) in [6.07, 6.45) is 6.46. The lowest BCUT2D eigenvalue weighted by molar-refractivity contribution is -0.122. The van der Waals surface area contributed by atoms with E-state index >= 15 is 0 Å². The number of nitrogens with zero attached hydrogens (tertiary/aromatic N) is 5. The number of hydrogen-bond acceptors (Lipinski definition) is 7. The highest BCUT2D eigenvalue weighted by molar-refractivity contribution is 5.89. The van der Waals surface area contributed by atoms with E-state index in [1.54, 1.807) is 17.1 Å². The zero-order valence-corrected chi connectivity index (χ0v) is 17.1. The highest BCUT2D eigenvalue weighted by Crippen LogP contribution is 2.37. The summed E-state index contributed by atoms with van der Waals surface area (Å²) in [5.74, 6) is 1.06. The first kappa shape index (κ1) is 18.9. The van der Waals surface area contributed by atoms with Crippen molar-refractivity contribution < 1.29 is 9.53 Å². The number of pyridine rings is 2. The first-order valence-electron chi connectivity index (χ1n) is 10.3. The van der Waals surface area contributed by atoms with Gasteiger partial charge >= 0.3 is 0 Å². The quantitative estimate of drug-likeness (QED) is 0.674. The summed E-state index contributed by atoms with van der Waals surface area (Å²) in [5.41, 5.74) is 5.57. The maximum absolute atomic E-state index is 12.6. The Kier molecular flexibility index (Phi) is 4.78. The van der Waals surface area contributed by atoms with Gasteiger partial charge in [0.1, 0.15) is 18.0 Å². The number of fused-ring (bicyclic) bond motifs is 1. The zero-order valence-electron chi connectivity index (χ0n) is 17.1. The zero-order chi connectivity index (χ0) is 20.7. The first-order valence-corrected chi connectivity index (χ1v) is 10.3. The van der Waals surface area contributed by atoms with Crippen LogP contribution >= 0.6 is 0 Å². The summed E-state index contributed by atoms with van der Waals surface area (Å²) >= 11 is 0. The number of Topliss-reactive ketones (excluding diaryl/α,β-unsaturated/α-hetero) is 1. The lowest BCUT2D eigenvalue weighted by Crippen LogP contribution is -2.36. The minimum Gasteiger partial charge on any atom is -0.471 e. The van der Waals surface area contributed by atoms with Crippen LogP contribution in [-0.2, 0) is 24.9 Å². The van der Waals surface area contributed by atoms with Gasteiger partial charge in [-0.2, -0.15) is 0 Å². The summed E-state index contributed by atoms with van der Waals surface area (Å²) in [6.45, 7) is 3.03. The van der Waals surface area contributed by atoms with Crippen LogP contribution in [-0.4, -0.2) is 37.3 Å². The number of ether oxygens (including phenoxy) is 1. The van der Waals surface area contributed by atoms with Gasteiger partial charge in [-0.05, 0) is 49.4 Å². The van der Waals surface area contributed by atoms with Crippen LogP contribution < -0.4 is 10.1 Å². The topological polar surface area (TPSA) is 94.8 Å². The number of aromatic nitrogens is 5. The highest BCUT2D eigenvalue weighted by atomic mass is 16.5. The lowest BCUT2D eigenvalue weighted by Gasteiger charge is -2.26. The molecule has 1 aliphatic heterocycles. The van der Waals surface area contributed by atoms with Gasteiger partial charge in [-0.15, -0.1) is 5.10 Å². The Balaban J connectivity index is 1.35. The van der Waals surface area contributed by atoms with Crippen LogP contribution in [0.5, 0.6) is 5.88 Å². The molecule has 0 aromatic carbocycles. The number of hydrogen-bond donors (Lipinski definition) is 1. The molecule has 1 aliphatic carbocycles. The molecule has 0 amide bonds. The molecule has 1 saturated carbocycles. The molecule has 0 bridgehead atoms. The Bertz CT molecular complexity index is 1090. The summed E-state index contributed by atoms with van der Waals surface area (Å²) in [7, 11) is 1.84. The van der Waals surface area contributed by atoms with Crippen molar-refractivity contribution in [2.45, 2.75) is 38.8 Å². The van der Waals surface area contributed by atoms with Crippen molar-refractivity contribution in [3.8, 4) is 17.1 Å². The van der Waals surface area contributed by atoms with Crippen molar-refractivity contribution in [2.75, 3.05) is 6.54 Å². The van der Waals surface area contributed by atoms with Gasteiger partial charge in [-0.25, -0.2) is 9.67 Å². The van der Waals surface area contributed by atoms with E-state index in [4.69, 9.17) is 4.74 Å². The van der Waals surface area contributed by atoms with Gasteiger partial charge in [0.05, 0.1) is 6.04 Å². The second-order valence-corrected chi connectivity index (χ2v) is 8.02. The van der Waals surface area contributed by atoms with Gasteiger partial charge < -0.3 is 10.1 Å². The Morgan fingerprint density at radius 1 is 1.27 bits per heavy atom. The molecule has 0 radical (unpaired) electrons. The van der Waals surface area contributed by atoms with Crippen LogP contribution in [0.1, 0.15) is 41.4 Å². The summed E-state index contributed by atoms with van der Waals surface area (Å²) in [5, 5.41) is 11.8. The SMILES string of the molecule is Cc1ccc(-c2nnn(C)c2COc2cc3c(cn2)C(C(=O)C2CC2)NCC3)cn1. The number of aryl methyl sites for hydroxylation is 2. The predicted octanol–water partition coefficient (Wildman–Crippen LogP) is 2.33. The van der Waals surface area contributed by atoms with Crippen molar-refractivity contribution in [2.24, 2.45) is 13.0 Å². The largest absolute Gasteiger partial charge is 0.471 e. The molecular formula is C22H24N6O2. The molecule has 8 heteroatoms. The molecule has 1 unspecified atom stereocenters. The Morgan fingerprint density at radius 3 is 2.90 bits per heavy atom. The molecule has 4 heterocycles. The molecule has 3 aromatic rings. The second-order valence-electron chi connectivity index (χ2n) is 8.02. The van der Waals surface area contributed by atoms with Crippen molar-refractivity contribution in [3.63, 3.8) is 0 Å². The molecule has 3 aromatic heterocycles. The highest BCUT2D eigenvalue weighted by Gasteiger charge is 2.37. The molecule has 0 spiro atoms. The van der Waals surface area contributed by atoms with Crippen LogP contribution in [0, 0.1) is 12.8 Å². The summed E-state index contributed by atoms with van der Waals surface area (Å²) < 4.78 is 7.71. The molecule has 30 heavy (non-hydrogen) atoms. The average molecular weight is 404 g/mol. The van der Waals surface area contributed by atoms with E-state index in [9.17, 15) is 4.79 Å². The van der Waals surface area contributed by atoms with E-state index in [0.29, 0.717) is 18.3 Å². The van der Waals surface area contributed by atoms with Crippen molar-refractivity contribution in [1.82, 2.24) is 30.3 Å². The first-order chi connectivity index (χ1) is 14.6. The normalized spacial score (nSPS) is 18.1. The number of ketones is 1. The van der Waals surface area contributed by atoms with Crippen molar-refractivity contribution in [3.05, 3.63) is 53.1 Å². The molecule has 1 atom stereocenters. The molecule has 5 rings (SSSR count). The molecular weight excluding hydrogens is 380 g/mol. The minimum atomic E-state index is -0.232. The number of carbonyl (C=O) groups excluding carboxylic acids is 1. The monoisotopic (exact) mass is 404 g/mol. The molecule has 0 saturated heterocycles. The van der Waals surface area contributed by atoms with Crippen LogP contribution in [0.15, 0.2) is 30.6 Å². The maximum Gasteiger partial charge on any atom is 0.213 e. The van der Waals surface area contributed by atoms with E-state index in [0.717, 1.165) is 59.6 Å². The Labute approximate surface area is 174 Å². The van der Waals surface area contributed by atoms with E-state index in [2.05, 4.69) is 25.6 Å². The predicted molar refractivity (Wildman–Crippen MR) is 110 cm³/mol. The second kappa shape index (κ2) is 7.60. The lowest BCUT2D eigenvalue weighted by atomic mass is 9.92.